The predicted octanol–water partition coefficient (Wildman–Crippen LogP) is 1.87. The average molecular weight is 369 g/mol. The van der Waals surface area contributed by atoms with Crippen molar-refractivity contribution in [2.45, 2.75) is 26.0 Å². The summed E-state index contributed by atoms with van der Waals surface area (Å²) < 4.78 is 7.22. The van der Waals surface area contributed by atoms with Crippen LogP contribution in [0.4, 0.5) is 0 Å². The van der Waals surface area contributed by atoms with Crippen LogP contribution in [0.1, 0.15) is 34.8 Å². The van der Waals surface area contributed by atoms with Crippen molar-refractivity contribution < 1.29 is 19.7 Å². The van der Waals surface area contributed by atoms with Crippen molar-refractivity contribution in [2.75, 3.05) is 13.2 Å². The van der Waals surface area contributed by atoms with Gasteiger partial charge in [-0.25, -0.2) is 4.98 Å². The summed E-state index contributed by atoms with van der Waals surface area (Å²) in [5.41, 5.74) is 2.03. The van der Waals surface area contributed by atoms with Crippen molar-refractivity contribution in [1.29, 1.82) is 0 Å². The first kappa shape index (κ1) is 18.9. The minimum atomic E-state index is -1.03. The average Bonchev–Trinajstić information content (AvgIpc) is 3.03. The number of amides is 1. The first-order valence-electron chi connectivity index (χ1n) is 8.82. The Hall–Kier alpha value is -2.90. The Kier molecular flexibility index (Phi) is 5.73. The summed E-state index contributed by atoms with van der Waals surface area (Å²) in [6, 6.07) is 11.6. The van der Waals surface area contributed by atoms with Crippen molar-refractivity contribution >= 4 is 11.6 Å². The van der Waals surface area contributed by atoms with E-state index in [1.807, 2.05) is 13.0 Å². The van der Waals surface area contributed by atoms with Crippen molar-refractivity contribution in [3.8, 4) is 5.75 Å². The predicted molar refractivity (Wildman–Crippen MR) is 101 cm³/mol. The molecule has 0 unspecified atom stereocenters. The lowest BCUT2D eigenvalue weighted by Gasteiger charge is -2.22. The molecule has 0 saturated carbocycles. The van der Waals surface area contributed by atoms with E-state index in [1.165, 1.54) is 0 Å². The lowest BCUT2D eigenvalue weighted by atomic mass is 10.0. The molecule has 0 aliphatic rings. The van der Waals surface area contributed by atoms with Crippen LogP contribution in [0.2, 0.25) is 0 Å². The number of benzene rings is 1. The minimum Gasteiger partial charge on any atom is -0.490 e. The number of nitrogens with one attached hydrogen (secondary N) is 1. The second kappa shape index (κ2) is 8.20. The lowest BCUT2D eigenvalue weighted by Crippen LogP contribution is -2.42. The summed E-state index contributed by atoms with van der Waals surface area (Å²) >= 11 is 0. The molecule has 1 amide bonds. The Morgan fingerprint density at radius 2 is 2.00 bits per heavy atom. The standard InChI is InChI=1S/C20H23N3O4/c1-3-27-16-10-7-11-23-17(13(2)21-19(16)23)20(26)22-15(12-24)18(25)14-8-5-4-6-9-14/h4-11,15,18,24-25H,3,12H2,1-2H3,(H,22,26)/t15-,18-/m0/s1. The van der Waals surface area contributed by atoms with Gasteiger partial charge in [0.25, 0.3) is 5.91 Å². The van der Waals surface area contributed by atoms with Crippen LogP contribution in [0.15, 0.2) is 48.7 Å². The number of hydrogen-bond acceptors (Lipinski definition) is 5. The summed E-state index contributed by atoms with van der Waals surface area (Å²) in [4.78, 5) is 17.3. The number of aromatic nitrogens is 2. The first-order valence-corrected chi connectivity index (χ1v) is 8.82. The summed E-state index contributed by atoms with van der Waals surface area (Å²) in [5.74, 6) is 0.160. The van der Waals surface area contributed by atoms with E-state index in [1.54, 1.807) is 53.9 Å². The van der Waals surface area contributed by atoms with Crippen molar-refractivity contribution in [2.24, 2.45) is 0 Å². The molecular weight excluding hydrogens is 346 g/mol. The molecule has 0 aliphatic heterocycles. The third-order valence-corrected chi connectivity index (χ3v) is 4.34. The fourth-order valence-corrected chi connectivity index (χ4v) is 3.04. The lowest BCUT2D eigenvalue weighted by molar-refractivity contribution is 0.0698. The molecular formula is C20H23N3O4. The monoisotopic (exact) mass is 369 g/mol. The van der Waals surface area contributed by atoms with Gasteiger partial charge < -0.3 is 20.3 Å². The van der Waals surface area contributed by atoms with E-state index < -0.39 is 24.7 Å². The molecule has 1 aromatic carbocycles. The summed E-state index contributed by atoms with van der Waals surface area (Å²) in [7, 11) is 0. The number of imidazole rings is 1. The van der Waals surface area contributed by atoms with E-state index in [0.717, 1.165) is 0 Å². The molecule has 0 bridgehead atoms. The highest BCUT2D eigenvalue weighted by molar-refractivity contribution is 5.95. The van der Waals surface area contributed by atoms with E-state index in [-0.39, 0.29) is 0 Å². The maximum Gasteiger partial charge on any atom is 0.270 e. The Labute approximate surface area is 157 Å². The molecule has 7 nitrogen and oxygen atoms in total. The number of carbonyl (C=O) groups excluding carboxylic acids is 1. The van der Waals surface area contributed by atoms with Crippen LogP contribution in [0.25, 0.3) is 5.65 Å². The summed E-state index contributed by atoms with van der Waals surface area (Å²) in [6.07, 6.45) is 0.701. The SMILES string of the molecule is CCOc1cccn2c(C(=O)N[C@@H](CO)[C@@H](O)c3ccccc3)c(C)nc12. The van der Waals surface area contributed by atoms with Crippen LogP contribution < -0.4 is 10.1 Å². The fourth-order valence-electron chi connectivity index (χ4n) is 3.04. The van der Waals surface area contributed by atoms with E-state index >= 15 is 0 Å². The van der Waals surface area contributed by atoms with Gasteiger partial charge in [0.2, 0.25) is 0 Å². The van der Waals surface area contributed by atoms with Gasteiger partial charge in [0.15, 0.2) is 11.4 Å². The molecule has 7 heteroatoms. The zero-order valence-electron chi connectivity index (χ0n) is 15.3. The molecule has 142 valence electrons. The smallest absolute Gasteiger partial charge is 0.270 e. The Bertz CT molecular complexity index is 924. The van der Waals surface area contributed by atoms with Crippen molar-refractivity contribution in [3.63, 3.8) is 0 Å². The Morgan fingerprint density at radius 3 is 2.67 bits per heavy atom. The molecule has 0 saturated heterocycles. The quantitative estimate of drug-likeness (QED) is 0.591. The molecule has 3 N–H and O–H groups in total. The van der Waals surface area contributed by atoms with Gasteiger partial charge in [-0.05, 0) is 31.5 Å². The minimum absolute atomic E-state index is 0.338. The second-order valence-corrected chi connectivity index (χ2v) is 6.16. The molecule has 2 aromatic heterocycles. The van der Waals surface area contributed by atoms with Crippen LogP contribution in [0.5, 0.6) is 5.75 Å². The molecule has 0 radical (unpaired) electrons. The molecule has 3 aromatic rings. The number of aryl methyl sites for hydroxylation is 1. The molecule has 3 rings (SSSR count). The number of aliphatic hydroxyl groups is 2. The maximum atomic E-state index is 12.9. The topological polar surface area (TPSA) is 96.1 Å². The van der Waals surface area contributed by atoms with Crippen molar-refractivity contribution in [3.05, 3.63) is 65.6 Å². The number of fused-ring (bicyclic) bond motifs is 1. The third kappa shape index (κ3) is 3.79. The van der Waals surface area contributed by atoms with E-state index in [0.29, 0.717) is 35.0 Å². The van der Waals surface area contributed by atoms with Gasteiger partial charge in [0, 0.05) is 6.20 Å². The van der Waals surface area contributed by atoms with Crippen LogP contribution in [0, 0.1) is 6.92 Å². The molecule has 0 fully saturated rings. The second-order valence-electron chi connectivity index (χ2n) is 6.16. The van der Waals surface area contributed by atoms with E-state index in [2.05, 4.69) is 10.3 Å². The largest absolute Gasteiger partial charge is 0.490 e. The highest BCUT2D eigenvalue weighted by atomic mass is 16.5. The van der Waals surface area contributed by atoms with E-state index in [9.17, 15) is 15.0 Å². The Balaban J connectivity index is 1.89. The van der Waals surface area contributed by atoms with E-state index in [4.69, 9.17) is 4.74 Å². The zero-order valence-corrected chi connectivity index (χ0v) is 15.3. The molecule has 27 heavy (non-hydrogen) atoms. The van der Waals surface area contributed by atoms with Crippen LogP contribution in [0.3, 0.4) is 0 Å². The van der Waals surface area contributed by atoms with Gasteiger partial charge in [-0.15, -0.1) is 0 Å². The van der Waals surface area contributed by atoms with Gasteiger partial charge in [0.05, 0.1) is 24.9 Å². The summed E-state index contributed by atoms with van der Waals surface area (Å²) in [5, 5.41) is 22.9. The van der Waals surface area contributed by atoms with Gasteiger partial charge in [-0.2, -0.15) is 0 Å². The fraction of sp³-hybridized carbons (Fsp3) is 0.300. The molecule has 2 heterocycles. The van der Waals surface area contributed by atoms with Gasteiger partial charge in [-0.3, -0.25) is 9.20 Å². The van der Waals surface area contributed by atoms with Crippen LogP contribution >= 0.6 is 0 Å². The van der Waals surface area contributed by atoms with Gasteiger partial charge in [-0.1, -0.05) is 30.3 Å². The van der Waals surface area contributed by atoms with Gasteiger partial charge >= 0.3 is 0 Å². The highest BCUT2D eigenvalue weighted by Crippen LogP contribution is 2.23. The number of hydrogen-bond donors (Lipinski definition) is 3. The van der Waals surface area contributed by atoms with Crippen LogP contribution in [-0.4, -0.2) is 44.8 Å². The number of ether oxygens (including phenoxy) is 1. The Morgan fingerprint density at radius 1 is 1.26 bits per heavy atom. The number of rotatable bonds is 7. The summed E-state index contributed by atoms with van der Waals surface area (Å²) in [6.45, 7) is 3.70. The van der Waals surface area contributed by atoms with Crippen molar-refractivity contribution in [1.82, 2.24) is 14.7 Å². The van der Waals surface area contributed by atoms with Gasteiger partial charge in [0.1, 0.15) is 11.8 Å². The number of nitrogens with zero attached hydrogens (tertiary/aromatic N) is 2. The first-order chi connectivity index (χ1) is 13.1. The maximum absolute atomic E-state index is 12.9. The zero-order chi connectivity index (χ0) is 19.4. The number of carbonyl (C=O) groups is 1. The van der Waals surface area contributed by atoms with Crippen LogP contribution in [-0.2, 0) is 0 Å². The number of pyridine rings is 1. The normalized spacial score (nSPS) is 13.3. The molecule has 2 atom stereocenters. The highest BCUT2D eigenvalue weighted by Gasteiger charge is 2.25. The molecule has 0 spiro atoms. The third-order valence-electron chi connectivity index (χ3n) is 4.34. The molecule has 0 aliphatic carbocycles. The number of aliphatic hydroxyl groups excluding tert-OH is 2.